The molecule has 0 saturated heterocycles. The zero-order valence-corrected chi connectivity index (χ0v) is 8.41. The third-order valence-electron chi connectivity index (χ3n) is 2.42. The second-order valence-corrected chi connectivity index (χ2v) is 4.73. The van der Waals surface area contributed by atoms with E-state index < -0.39 is 0 Å². The highest BCUT2D eigenvalue weighted by atomic mass is 32.2. The van der Waals surface area contributed by atoms with E-state index in [1.165, 1.54) is 19.3 Å². The molecule has 1 aliphatic rings. The fourth-order valence-electron chi connectivity index (χ4n) is 1.70. The molecular formula is C9H19NOS. The van der Waals surface area contributed by atoms with E-state index in [-0.39, 0.29) is 5.60 Å². The molecule has 72 valence electrons. The van der Waals surface area contributed by atoms with Gasteiger partial charge in [0.2, 0.25) is 0 Å². The summed E-state index contributed by atoms with van der Waals surface area (Å²) in [5.41, 5.74) is 5.02. The van der Waals surface area contributed by atoms with Crippen LogP contribution in [0.5, 0.6) is 0 Å². The molecule has 0 aromatic rings. The molecule has 1 rings (SSSR count). The monoisotopic (exact) mass is 189 g/mol. The summed E-state index contributed by atoms with van der Waals surface area (Å²) in [7, 11) is 0. The molecule has 3 N–H and O–H groups in total. The third-order valence-corrected chi connectivity index (χ3v) is 3.68. The normalized spacial score (nSPS) is 22.5. The zero-order chi connectivity index (χ0) is 8.86. The second-order valence-electron chi connectivity index (χ2n) is 3.63. The molecule has 0 spiro atoms. The van der Waals surface area contributed by atoms with Crippen molar-refractivity contribution in [3.05, 3.63) is 0 Å². The molecule has 1 aliphatic carbocycles. The van der Waals surface area contributed by atoms with E-state index in [4.69, 9.17) is 5.73 Å². The van der Waals surface area contributed by atoms with Crippen LogP contribution in [0.1, 0.15) is 32.1 Å². The molecule has 0 aromatic carbocycles. The summed E-state index contributed by atoms with van der Waals surface area (Å²) in [5, 5.41) is 10.0. The lowest BCUT2D eigenvalue weighted by atomic mass is 9.86. The van der Waals surface area contributed by atoms with Gasteiger partial charge < -0.3 is 10.8 Å². The van der Waals surface area contributed by atoms with Gasteiger partial charge in [-0.2, -0.15) is 11.8 Å². The van der Waals surface area contributed by atoms with E-state index >= 15 is 0 Å². The molecule has 0 heterocycles. The van der Waals surface area contributed by atoms with Gasteiger partial charge in [0.1, 0.15) is 0 Å². The minimum atomic E-state index is -0.363. The third kappa shape index (κ3) is 3.33. The Morgan fingerprint density at radius 1 is 1.25 bits per heavy atom. The van der Waals surface area contributed by atoms with Crippen molar-refractivity contribution in [2.45, 2.75) is 37.7 Å². The van der Waals surface area contributed by atoms with Gasteiger partial charge in [0.05, 0.1) is 5.60 Å². The summed E-state index contributed by atoms with van der Waals surface area (Å²) in [6.07, 6.45) is 5.67. The van der Waals surface area contributed by atoms with E-state index in [1.54, 1.807) is 11.8 Å². The first-order chi connectivity index (χ1) is 5.77. The molecular weight excluding hydrogens is 170 g/mol. The number of hydrogen-bond acceptors (Lipinski definition) is 3. The van der Waals surface area contributed by atoms with Gasteiger partial charge in [0, 0.05) is 18.1 Å². The molecule has 12 heavy (non-hydrogen) atoms. The van der Waals surface area contributed by atoms with Crippen LogP contribution >= 0.6 is 11.8 Å². The molecule has 0 unspecified atom stereocenters. The lowest BCUT2D eigenvalue weighted by molar-refractivity contribution is 0.0273. The summed E-state index contributed by atoms with van der Waals surface area (Å²) in [5.74, 6) is 1.85. The first-order valence-electron chi connectivity index (χ1n) is 4.77. The minimum Gasteiger partial charge on any atom is -0.389 e. The van der Waals surface area contributed by atoms with Crippen LogP contribution in [0.15, 0.2) is 0 Å². The van der Waals surface area contributed by atoms with Crippen molar-refractivity contribution < 1.29 is 5.11 Å². The van der Waals surface area contributed by atoms with Crippen LogP contribution in [0.4, 0.5) is 0 Å². The molecule has 0 radical (unpaired) electrons. The maximum atomic E-state index is 10.0. The number of thioether (sulfide) groups is 1. The van der Waals surface area contributed by atoms with Crippen molar-refractivity contribution >= 4 is 11.8 Å². The Bertz CT molecular complexity index is 124. The van der Waals surface area contributed by atoms with Crippen molar-refractivity contribution in [1.82, 2.24) is 0 Å². The van der Waals surface area contributed by atoms with Gasteiger partial charge in [0.15, 0.2) is 0 Å². The maximum Gasteiger partial charge on any atom is 0.0737 e. The van der Waals surface area contributed by atoms with E-state index in [0.29, 0.717) is 0 Å². The summed E-state index contributed by atoms with van der Waals surface area (Å²) in [6, 6.07) is 0. The highest BCUT2D eigenvalue weighted by Crippen LogP contribution is 2.30. The molecule has 1 saturated carbocycles. The van der Waals surface area contributed by atoms with Gasteiger partial charge in [0.25, 0.3) is 0 Å². The van der Waals surface area contributed by atoms with Crippen LogP contribution in [-0.2, 0) is 0 Å². The van der Waals surface area contributed by atoms with E-state index in [0.717, 1.165) is 30.9 Å². The lowest BCUT2D eigenvalue weighted by Crippen LogP contribution is -2.34. The van der Waals surface area contributed by atoms with Crippen LogP contribution in [0.2, 0.25) is 0 Å². The van der Waals surface area contributed by atoms with Crippen molar-refractivity contribution in [2.24, 2.45) is 5.73 Å². The van der Waals surface area contributed by atoms with Crippen LogP contribution in [-0.4, -0.2) is 28.8 Å². The van der Waals surface area contributed by atoms with Gasteiger partial charge in [-0.3, -0.25) is 0 Å². The molecule has 0 aromatic heterocycles. The van der Waals surface area contributed by atoms with Gasteiger partial charge in [-0.1, -0.05) is 19.3 Å². The van der Waals surface area contributed by atoms with Crippen molar-refractivity contribution in [3.8, 4) is 0 Å². The van der Waals surface area contributed by atoms with Crippen molar-refractivity contribution in [1.29, 1.82) is 0 Å². The predicted octanol–water partition coefficient (Wildman–Crippen LogP) is 1.37. The Balaban J connectivity index is 2.17. The summed E-state index contributed by atoms with van der Waals surface area (Å²) in [6.45, 7) is 0.723. The Labute approximate surface area is 78.9 Å². The summed E-state index contributed by atoms with van der Waals surface area (Å²) >= 11 is 1.78. The second kappa shape index (κ2) is 5.10. The Morgan fingerprint density at radius 2 is 1.92 bits per heavy atom. The topological polar surface area (TPSA) is 46.2 Å². The average Bonchev–Trinajstić information content (AvgIpc) is 2.06. The molecule has 0 amide bonds. The number of hydrogen-bond donors (Lipinski definition) is 2. The van der Waals surface area contributed by atoms with Gasteiger partial charge in [-0.15, -0.1) is 0 Å². The smallest absolute Gasteiger partial charge is 0.0737 e. The maximum absolute atomic E-state index is 10.0. The van der Waals surface area contributed by atoms with Crippen LogP contribution < -0.4 is 5.73 Å². The fraction of sp³-hybridized carbons (Fsp3) is 1.00. The highest BCUT2D eigenvalue weighted by molar-refractivity contribution is 7.99. The van der Waals surface area contributed by atoms with Crippen LogP contribution in [0.3, 0.4) is 0 Å². The quantitative estimate of drug-likeness (QED) is 0.657. The fourth-order valence-corrected chi connectivity index (χ4v) is 2.68. The Kier molecular flexibility index (Phi) is 4.40. The SMILES string of the molecule is NCCSCC1(O)CCCCC1. The lowest BCUT2D eigenvalue weighted by Gasteiger charge is -2.31. The molecule has 0 atom stereocenters. The van der Waals surface area contributed by atoms with E-state index in [9.17, 15) is 5.11 Å². The molecule has 3 heteroatoms. The van der Waals surface area contributed by atoms with Gasteiger partial charge in [-0.05, 0) is 12.8 Å². The number of rotatable bonds is 4. The summed E-state index contributed by atoms with van der Waals surface area (Å²) in [4.78, 5) is 0. The highest BCUT2D eigenvalue weighted by Gasteiger charge is 2.28. The largest absolute Gasteiger partial charge is 0.389 e. The number of nitrogens with two attached hydrogens (primary N) is 1. The molecule has 0 bridgehead atoms. The van der Waals surface area contributed by atoms with E-state index in [1.807, 2.05) is 0 Å². The Morgan fingerprint density at radius 3 is 2.50 bits per heavy atom. The molecule has 2 nitrogen and oxygen atoms in total. The first-order valence-corrected chi connectivity index (χ1v) is 5.92. The molecule has 1 fully saturated rings. The standard InChI is InChI=1S/C9H19NOS/c10-6-7-12-8-9(11)4-2-1-3-5-9/h11H,1-8,10H2. The molecule has 0 aliphatic heterocycles. The number of aliphatic hydroxyl groups is 1. The van der Waals surface area contributed by atoms with Crippen LogP contribution in [0, 0.1) is 0 Å². The minimum absolute atomic E-state index is 0.363. The first kappa shape index (κ1) is 10.4. The average molecular weight is 189 g/mol. The van der Waals surface area contributed by atoms with E-state index in [2.05, 4.69) is 0 Å². The van der Waals surface area contributed by atoms with Gasteiger partial charge in [-0.25, -0.2) is 0 Å². The summed E-state index contributed by atoms with van der Waals surface area (Å²) < 4.78 is 0. The predicted molar refractivity (Wildman–Crippen MR) is 54.4 cm³/mol. The van der Waals surface area contributed by atoms with Gasteiger partial charge >= 0.3 is 0 Å². The Hall–Kier alpha value is 0.270. The van der Waals surface area contributed by atoms with Crippen LogP contribution in [0.25, 0.3) is 0 Å². The van der Waals surface area contributed by atoms with Crippen molar-refractivity contribution in [3.63, 3.8) is 0 Å². The van der Waals surface area contributed by atoms with Crippen molar-refractivity contribution in [2.75, 3.05) is 18.1 Å². The zero-order valence-electron chi connectivity index (χ0n) is 7.59.